The van der Waals surface area contributed by atoms with E-state index in [-0.39, 0.29) is 17.9 Å². The number of ether oxygens (including phenoxy) is 1. The molecule has 0 aromatic carbocycles. The molecule has 100 valence electrons. The largest absolute Gasteiger partial charge is 0.376 e. The average Bonchev–Trinajstić information content (AvgIpc) is 3.00. The van der Waals surface area contributed by atoms with Crippen molar-refractivity contribution in [1.29, 1.82) is 0 Å². The second-order valence-corrected chi connectivity index (χ2v) is 6.73. The van der Waals surface area contributed by atoms with Crippen LogP contribution >= 0.6 is 0 Å². The molecule has 5 nitrogen and oxygen atoms in total. The van der Waals surface area contributed by atoms with Crippen molar-refractivity contribution in [2.24, 2.45) is 5.92 Å². The minimum Gasteiger partial charge on any atom is -0.376 e. The lowest BCUT2D eigenvalue weighted by Gasteiger charge is -2.19. The molecule has 1 saturated carbocycles. The highest BCUT2D eigenvalue weighted by Gasteiger charge is 2.41. The standard InChI is InChI=1S/C11H22N2O3S/c1-2-12-6-8-17(14,15)13-10-5-7-16-11(10)9-3-4-9/h9-13H,2-8H2,1H3. The Labute approximate surface area is 103 Å². The molecule has 6 heteroatoms. The Morgan fingerprint density at radius 2 is 2.06 bits per heavy atom. The summed E-state index contributed by atoms with van der Waals surface area (Å²) >= 11 is 0. The summed E-state index contributed by atoms with van der Waals surface area (Å²) < 4.78 is 32.1. The molecule has 2 fully saturated rings. The van der Waals surface area contributed by atoms with Crippen molar-refractivity contribution >= 4 is 10.0 Å². The van der Waals surface area contributed by atoms with Crippen LogP contribution in [0.4, 0.5) is 0 Å². The Bertz CT molecular complexity index is 341. The maximum Gasteiger partial charge on any atom is 0.213 e. The molecule has 1 aliphatic heterocycles. The summed E-state index contributed by atoms with van der Waals surface area (Å²) in [5.41, 5.74) is 0. The molecular weight excluding hydrogens is 240 g/mol. The quantitative estimate of drug-likeness (QED) is 0.638. The fourth-order valence-electron chi connectivity index (χ4n) is 2.30. The van der Waals surface area contributed by atoms with Crippen molar-refractivity contribution < 1.29 is 13.2 Å². The molecule has 2 unspecified atom stereocenters. The van der Waals surface area contributed by atoms with E-state index < -0.39 is 10.0 Å². The van der Waals surface area contributed by atoms with E-state index in [4.69, 9.17) is 4.74 Å². The molecule has 0 aromatic heterocycles. The van der Waals surface area contributed by atoms with Gasteiger partial charge >= 0.3 is 0 Å². The summed E-state index contributed by atoms with van der Waals surface area (Å²) in [6, 6.07) is -0.00544. The highest BCUT2D eigenvalue weighted by Crippen LogP contribution is 2.38. The van der Waals surface area contributed by atoms with Crippen molar-refractivity contribution in [3.8, 4) is 0 Å². The lowest BCUT2D eigenvalue weighted by Crippen LogP contribution is -2.43. The minimum atomic E-state index is -3.17. The van der Waals surface area contributed by atoms with Crippen molar-refractivity contribution in [3.05, 3.63) is 0 Å². The molecule has 0 aromatic rings. The van der Waals surface area contributed by atoms with Gasteiger partial charge in [0.25, 0.3) is 0 Å². The fraction of sp³-hybridized carbons (Fsp3) is 1.00. The second kappa shape index (κ2) is 5.65. The zero-order chi connectivity index (χ0) is 12.3. The summed E-state index contributed by atoms with van der Waals surface area (Å²) in [6.45, 7) is 3.95. The molecule has 1 saturated heterocycles. The Balaban J connectivity index is 1.81. The number of nitrogens with one attached hydrogen (secondary N) is 2. The topological polar surface area (TPSA) is 67.4 Å². The van der Waals surface area contributed by atoms with Gasteiger partial charge in [0, 0.05) is 13.2 Å². The first kappa shape index (κ1) is 13.3. The van der Waals surface area contributed by atoms with Crippen molar-refractivity contribution in [3.63, 3.8) is 0 Å². The maximum absolute atomic E-state index is 11.8. The van der Waals surface area contributed by atoms with E-state index in [0.29, 0.717) is 19.1 Å². The van der Waals surface area contributed by atoms with Crippen LogP contribution in [0.15, 0.2) is 0 Å². The highest BCUT2D eigenvalue weighted by molar-refractivity contribution is 7.89. The molecule has 1 heterocycles. The first-order chi connectivity index (χ1) is 8.12. The summed E-state index contributed by atoms with van der Waals surface area (Å²) in [6.07, 6.45) is 3.28. The summed E-state index contributed by atoms with van der Waals surface area (Å²) in [5, 5.41) is 3.03. The van der Waals surface area contributed by atoms with Gasteiger partial charge in [-0.3, -0.25) is 0 Å². The van der Waals surface area contributed by atoms with E-state index >= 15 is 0 Å². The van der Waals surface area contributed by atoms with Crippen LogP contribution in [0.1, 0.15) is 26.2 Å². The van der Waals surface area contributed by atoms with E-state index in [1.54, 1.807) is 0 Å². The van der Waals surface area contributed by atoms with Crippen LogP contribution in [0.3, 0.4) is 0 Å². The zero-order valence-electron chi connectivity index (χ0n) is 10.3. The Kier molecular flexibility index (Phi) is 4.41. The van der Waals surface area contributed by atoms with Crippen LogP contribution in [0.25, 0.3) is 0 Å². The zero-order valence-corrected chi connectivity index (χ0v) is 11.1. The van der Waals surface area contributed by atoms with Crippen LogP contribution in [-0.4, -0.2) is 46.0 Å². The second-order valence-electron chi connectivity index (χ2n) is 4.86. The molecule has 0 radical (unpaired) electrons. The number of hydrogen-bond donors (Lipinski definition) is 2. The Morgan fingerprint density at radius 3 is 2.71 bits per heavy atom. The van der Waals surface area contributed by atoms with E-state index in [9.17, 15) is 8.42 Å². The first-order valence-electron chi connectivity index (χ1n) is 6.44. The van der Waals surface area contributed by atoms with Gasteiger partial charge in [-0.25, -0.2) is 13.1 Å². The molecule has 0 bridgehead atoms. The van der Waals surface area contributed by atoms with E-state index in [0.717, 1.165) is 13.0 Å². The SMILES string of the molecule is CCNCCS(=O)(=O)NC1CCOC1C1CC1. The predicted molar refractivity (Wildman–Crippen MR) is 66.3 cm³/mol. The van der Waals surface area contributed by atoms with Crippen LogP contribution in [0, 0.1) is 5.92 Å². The molecule has 1 aliphatic carbocycles. The van der Waals surface area contributed by atoms with Crippen LogP contribution < -0.4 is 10.0 Å². The molecule has 2 aliphatic rings. The van der Waals surface area contributed by atoms with Gasteiger partial charge < -0.3 is 10.1 Å². The van der Waals surface area contributed by atoms with Gasteiger partial charge in [0.05, 0.1) is 17.9 Å². The lowest BCUT2D eigenvalue weighted by atomic mass is 10.1. The third kappa shape index (κ3) is 3.91. The summed E-state index contributed by atoms with van der Waals surface area (Å²) in [5.74, 6) is 0.730. The maximum atomic E-state index is 11.8. The van der Waals surface area contributed by atoms with Crippen molar-refractivity contribution in [1.82, 2.24) is 10.0 Å². The van der Waals surface area contributed by atoms with Crippen molar-refractivity contribution in [2.75, 3.05) is 25.4 Å². The Hall–Kier alpha value is -0.170. The van der Waals surface area contributed by atoms with Crippen LogP contribution in [-0.2, 0) is 14.8 Å². The minimum absolute atomic E-state index is 0.00544. The van der Waals surface area contributed by atoms with Gasteiger partial charge in [-0.2, -0.15) is 0 Å². The molecular formula is C11H22N2O3S. The highest BCUT2D eigenvalue weighted by atomic mass is 32.2. The third-order valence-electron chi connectivity index (χ3n) is 3.35. The number of rotatable bonds is 7. The van der Waals surface area contributed by atoms with Crippen LogP contribution in [0.2, 0.25) is 0 Å². The van der Waals surface area contributed by atoms with Gasteiger partial charge in [-0.05, 0) is 31.7 Å². The van der Waals surface area contributed by atoms with E-state index in [2.05, 4.69) is 10.0 Å². The summed E-state index contributed by atoms with van der Waals surface area (Å²) in [4.78, 5) is 0. The summed E-state index contributed by atoms with van der Waals surface area (Å²) in [7, 11) is -3.17. The predicted octanol–water partition coefficient (Wildman–Crippen LogP) is 0.0828. The molecule has 17 heavy (non-hydrogen) atoms. The molecule has 2 rings (SSSR count). The normalized spacial score (nSPS) is 29.7. The van der Waals surface area contributed by atoms with Gasteiger partial charge in [-0.1, -0.05) is 6.92 Å². The fourth-order valence-corrected chi connectivity index (χ4v) is 3.54. The molecule has 0 amide bonds. The molecule has 0 spiro atoms. The smallest absolute Gasteiger partial charge is 0.213 e. The van der Waals surface area contributed by atoms with Crippen LogP contribution in [0.5, 0.6) is 0 Å². The number of sulfonamides is 1. The Morgan fingerprint density at radius 1 is 1.29 bits per heavy atom. The lowest BCUT2D eigenvalue weighted by molar-refractivity contribution is 0.0848. The molecule has 2 N–H and O–H groups in total. The van der Waals surface area contributed by atoms with Gasteiger partial charge in [0.15, 0.2) is 0 Å². The van der Waals surface area contributed by atoms with E-state index in [1.165, 1.54) is 12.8 Å². The monoisotopic (exact) mass is 262 g/mol. The molecule has 2 atom stereocenters. The van der Waals surface area contributed by atoms with Gasteiger partial charge in [0.2, 0.25) is 10.0 Å². The first-order valence-corrected chi connectivity index (χ1v) is 8.10. The third-order valence-corrected chi connectivity index (χ3v) is 4.75. The van der Waals surface area contributed by atoms with E-state index in [1.807, 2.05) is 6.92 Å². The van der Waals surface area contributed by atoms with Gasteiger partial charge in [0.1, 0.15) is 0 Å². The number of hydrogen-bond acceptors (Lipinski definition) is 4. The average molecular weight is 262 g/mol. The van der Waals surface area contributed by atoms with Crippen molar-refractivity contribution in [2.45, 2.75) is 38.3 Å². The van der Waals surface area contributed by atoms with Gasteiger partial charge in [-0.15, -0.1) is 0 Å².